The second-order valence-electron chi connectivity index (χ2n) is 6.58. The third kappa shape index (κ3) is 2.48. The smallest absolute Gasteiger partial charge is 0.408 e. The van der Waals surface area contributed by atoms with Gasteiger partial charge in [0, 0.05) is 11.9 Å². The summed E-state index contributed by atoms with van der Waals surface area (Å²) in [5.41, 5.74) is 10.5. The Hall–Kier alpha value is -3.56. The van der Waals surface area contributed by atoms with Crippen LogP contribution in [-0.4, -0.2) is 28.6 Å². The summed E-state index contributed by atoms with van der Waals surface area (Å²) < 4.78 is 11.1. The molecule has 3 heterocycles. The van der Waals surface area contributed by atoms with Gasteiger partial charge in [-0.3, -0.25) is 4.98 Å². The number of nitrogens with two attached hydrogens (primary N) is 1. The van der Waals surface area contributed by atoms with Crippen LogP contribution in [0.2, 0.25) is 0 Å². The molecule has 0 spiro atoms. The van der Waals surface area contributed by atoms with Gasteiger partial charge < -0.3 is 20.2 Å². The highest BCUT2D eigenvalue weighted by molar-refractivity contribution is 5.89. The summed E-state index contributed by atoms with van der Waals surface area (Å²) in [5.74, 6) is -1.56. The molecule has 0 aliphatic carbocycles. The van der Waals surface area contributed by atoms with E-state index in [1.54, 1.807) is 24.4 Å². The van der Waals surface area contributed by atoms with Gasteiger partial charge in [0.2, 0.25) is 5.96 Å². The fourth-order valence-corrected chi connectivity index (χ4v) is 3.46. The first-order valence-electron chi connectivity index (χ1n) is 8.64. The van der Waals surface area contributed by atoms with Crippen molar-refractivity contribution >= 4 is 28.3 Å². The van der Waals surface area contributed by atoms with Crippen molar-refractivity contribution in [2.45, 2.75) is 12.8 Å². The topological polar surface area (TPSA) is 118 Å². The number of hydrogen-bond acceptors (Lipinski definition) is 8. The van der Waals surface area contributed by atoms with Crippen LogP contribution in [0.1, 0.15) is 11.1 Å². The number of aromatic nitrogens is 1. The summed E-state index contributed by atoms with van der Waals surface area (Å²) in [7, 11) is 0. The molecular formula is C19H17N5O4. The molecule has 9 nitrogen and oxygen atoms in total. The van der Waals surface area contributed by atoms with E-state index in [0.29, 0.717) is 16.8 Å². The van der Waals surface area contributed by atoms with Crippen LogP contribution in [0.15, 0.2) is 62.9 Å². The Morgan fingerprint density at radius 3 is 3.04 bits per heavy atom. The van der Waals surface area contributed by atoms with Gasteiger partial charge in [0.25, 0.3) is 5.85 Å². The summed E-state index contributed by atoms with van der Waals surface area (Å²) in [6, 6.07) is 13.2. The van der Waals surface area contributed by atoms with E-state index < -0.39 is 11.6 Å². The Balaban J connectivity index is 1.62. The van der Waals surface area contributed by atoms with E-state index in [9.17, 15) is 4.79 Å². The average Bonchev–Trinajstić information content (AvgIpc) is 3.25. The lowest BCUT2D eigenvalue weighted by molar-refractivity contribution is -0.0786. The standard InChI is InChI=1S/C19H17N5O4/c1-11-3-2-4-12(7-11)14-9-21-17(20)24-19(14,26-10-27-24)23-13-5-6-16-15(8-13)22-18(25)28-16/h2-9,23H,10H2,1H3,(H2,20,21)(H,22,25). The lowest BCUT2D eigenvalue weighted by atomic mass is 9.98. The van der Waals surface area contributed by atoms with E-state index in [0.717, 1.165) is 16.7 Å². The maximum Gasteiger partial charge on any atom is 0.417 e. The maximum absolute atomic E-state index is 11.4. The number of fused-ring (bicyclic) bond motifs is 2. The Bertz CT molecular complexity index is 1190. The van der Waals surface area contributed by atoms with Gasteiger partial charge in [0.05, 0.1) is 11.1 Å². The van der Waals surface area contributed by atoms with E-state index in [1.165, 1.54) is 5.06 Å². The van der Waals surface area contributed by atoms with Gasteiger partial charge in [-0.2, -0.15) is 5.06 Å². The summed E-state index contributed by atoms with van der Waals surface area (Å²) >= 11 is 0. The molecule has 2 aromatic carbocycles. The van der Waals surface area contributed by atoms with Gasteiger partial charge in [-0.1, -0.05) is 29.8 Å². The molecule has 0 bridgehead atoms. The number of ether oxygens (including phenoxy) is 1. The number of nitrogens with one attached hydrogen (secondary N) is 2. The van der Waals surface area contributed by atoms with Crippen LogP contribution >= 0.6 is 0 Å². The first-order valence-corrected chi connectivity index (χ1v) is 8.64. The summed E-state index contributed by atoms with van der Waals surface area (Å²) in [6.07, 6.45) is 1.67. The highest BCUT2D eigenvalue weighted by Crippen LogP contribution is 2.41. The van der Waals surface area contributed by atoms with Gasteiger partial charge in [0.1, 0.15) is 0 Å². The molecule has 1 aromatic heterocycles. The Morgan fingerprint density at radius 2 is 2.18 bits per heavy atom. The van der Waals surface area contributed by atoms with Crippen molar-refractivity contribution in [3.8, 4) is 0 Å². The average molecular weight is 379 g/mol. The number of rotatable bonds is 3. The molecule has 2 aliphatic heterocycles. The van der Waals surface area contributed by atoms with E-state index in [2.05, 4.69) is 15.3 Å². The summed E-state index contributed by atoms with van der Waals surface area (Å²) in [6.45, 7) is 2.01. The number of hydroxylamine groups is 2. The lowest BCUT2D eigenvalue weighted by Gasteiger charge is -2.39. The number of H-pyrrole nitrogens is 1. The van der Waals surface area contributed by atoms with E-state index in [-0.39, 0.29) is 12.8 Å². The van der Waals surface area contributed by atoms with E-state index >= 15 is 0 Å². The van der Waals surface area contributed by atoms with Crippen molar-refractivity contribution in [3.63, 3.8) is 0 Å². The summed E-state index contributed by atoms with van der Waals surface area (Å²) in [4.78, 5) is 23.9. The van der Waals surface area contributed by atoms with Crippen molar-refractivity contribution in [2.24, 2.45) is 10.7 Å². The molecular weight excluding hydrogens is 362 g/mol. The molecule has 0 radical (unpaired) electrons. The van der Waals surface area contributed by atoms with E-state index in [1.807, 2.05) is 31.2 Å². The number of aryl methyl sites for hydroxylation is 1. The molecule has 1 unspecified atom stereocenters. The minimum Gasteiger partial charge on any atom is -0.408 e. The zero-order valence-electron chi connectivity index (χ0n) is 14.9. The Morgan fingerprint density at radius 1 is 1.29 bits per heavy atom. The van der Waals surface area contributed by atoms with Gasteiger partial charge in [-0.25, -0.2) is 14.6 Å². The number of aromatic amines is 1. The fraction of sp³-hybridized carbons (Fsp3) is 0.158. The monoisotopic (exact) mass is 379 g/mol. The molecule has 3 aromatic rings. The molecule has 142 valence electrons. The first kappa shape index (κ1) is 16.6. The van der Waals surface area contributed by atoms with Crippen LogP contribution in [0.25, 0.3) is 16.7 Å². The van der Waals surface area contributed by atoms with Gasteiger partial charge >= 0.3 is 5.76 Å². The second kappa shape index (κ2) is 5.98. The second-order valence-corrected chi connectivity index (χ2v) is 6.58. The normalized spacial score (nSPS) is 21.4. The number of benzene rings is 2. The van der Waals surface area contributed by atoms with Crippen molar-refractivity contribution in [1.29, 1.82) is 0 Å². The van der Waals surface area contributed by atoms with Crippen molar-refractivity contribution in [3.05, 3.63) is 70.3 Å². The highest BCUT2D eigenvalue weighted by atomic mass is 16.9. The van der Waals surface area contributed by atoms with Crippen LogP contribution < -0.4 is 16.8 Å². The SMILES string of the molecule is Cc1cccc(C2=CN=C(N)N3OCOC23Nc2ccc3oc(=O)[nH]c3c2)c1. The molecule has 4 N–H and O–H groups in total. The Kier molecular flexibility index (Phi) is 3.54. The van der Waals surface area contributed by atoms with Crippen molar-refractivity contribution < 1.29 is 14.0 Å². The molecule has 1 fully saturated rings. The third-order valence-corrected chi connectivity index (χ3v) is 4.70. The van der Waals surface area contributed by atoms with Gasteiger partial charge in [0.15, 0.2) is 12.4 Å². The van der Waals surface area contributed by atoms with Crippen LogP contribution in [-0.2, 0) is 9.57 Å². The van der Waals surface area contributed by atoms with Crippen LogP contribution in [0.3, 0.4) is 0 Å². The van der Waals surface area contributed by atoms with Crippen LogP contribution in [0.5, 0.6) is 0 Å². The number of guanidine groups is 1. The highest BCUT2D eigenvalue weighted by Gasteiger charge is 2.51. The number of oxazole rings is 1. The fourth-order valence-electron chi connectivity index (χ4n) is 3.46. The molecule has 9 heteroatoms. The molecule has 0 saturated carbocycles. The summed E-state index contributed by atoms with van der Waals surface area (Å²) in [5, 5.41) is 4.75. The molecule has 1 saturated heterocycles. The number of nitrogens with zero attached hydrogens (tertiary/aromatic N) is 2. The Labute approximate surface area is 159 Å². The van der Waals surface area contributed by atoms with Gasteiger partial charge in [-0.15, -0.1) is 0 Å². The molecule has 28 heavy (non-hydrogen) atoms. The zero-order valence-corrected chi connectivity index (χ0v) is 14.9. The molecule has 5 rings (SSSR count). The van der Waals surface area contributed by atoms with Crippen LogP contribution in [0, 0.1) is 6.92 Å². The number of hydrogen-bond donors (Lipinski definition) is 3. The van der Waals surface area contributed by atoms with Crippen LogP contribution in [0.4, 0.5) is 5.69 Å². The molecule has 2 aliphatic rings. The zero-order chi connectivity index (χ0) is 19.3. The van der Waals surface area contributed by atoms with Crippen molar-refractivity contribution in [1.82, 2.24) is 10.0 Å². The number of aliphatic imine (C=N–C) groups is 1. The largest absolute Gasteiger partial charge is 0.417 e. The molecule has 0 amide bonds. The van der Waals surface area contributed by atoms with E-state index in [4.69, 9.17) is 19.7 Å². The number of anilines is 1. The van der Waals surface area contributed by atoms with Crippen molar-refractivity contribution in [2.75, 3.05) is 12.1 Å². The minimum atomic E-state index is -1.21. The lowest BCUT2D eigenvalue weighted by Crippen LogP contribution is -2.57. The quantitative estimate of drug-likeness (QED) is 0.638. The minimum absolute atomic E-state index is 0.00281. The predicted molar refractivity (Wildman–Crippen MR) is 103 cm³/mol. The first-order chi connectivity index (χ1) is 13.5. The predicted octanol–water partition coefficient (Wildman–Crippen LogP) is 2.09. The molecule has 1 atom stereocenters. The van der Waals surface area contributed by atoms with Gasteiger partial charge in [-0.05, 0) is 30.7 Å². The third-order valence-electron chi connectivity index (χ3n) is 4.70. The maximum atomic E-state index is 11.4.